The Morgan fingerprint density at radius 2 is 1.85 bits per heavy atom. The number of hydrogen-bond acceptors (Lipinski definition) is 5. The van der Waals surface area contributed by atoms with Crippen LogP contribution in [0.1, 0.15) is 24.0 Å². The highest BCUT2D eigenvalue weighted by molar-refractivity contribution is 7.88. The first-order chi connectivity index (χ1) is 12.9. The maximum absolute atomic E-state index is 12.7. The molecule has 1 atom stereocenters. The number of amides is 1. The minimum Gasteiger partial charge on any atom is -0.341 e. The summed E-state index contributed by atoms with van der Waals surface area (Å²) in [6.45, 7) is 1.33. The van der Waals surface area contributed by atoms with Gasteiger partial charge in [-0.25, -0.2) is 8.42 Å². The van der Waals surface area contributed by atoms with E-state index in [-0.39, 0.29) is 24.9 Å². The molecule has 3 heterocycles. The first kappa shape index (κ1) is 19.4. The number of sulfonamides is 1. The molecule has 2 aromatic rings. The number of aromatic nitrogens is 2. The molecule has 1 saturated heterocycles. The summed E-state index contributed by atoms with van der Waals surface area (Å²) in [4.78, 5) is 22.5. The second-order valence-electron chi connectivity index (χ2n) is 6.84. The lowest BCUT2D eigenvalue weighted by molar-refractivity contribution is -0.132. The Labute approximate surface area is 160 Å². The predicted octanol–water partition coefficient (Wildman–Crippen LogP) is 1.47. The molecule has 0 spiro atoms. The number of carbonyl (C=O) groups is 1. The molecule has 144 valence electrons. The van der Waals surface area contributed by atoms with Gasteiger partial charge in [0, 0.05) is 50.5 Å². The second-order valence-corrected chi connectivity index (χ2v) is 8.78. The Morgan fingerprint density at radius 3 is 2.44 bits per heavy atom. The number of pyridine rings is 2. The van der Waals surface area contributed by atoms with Gasteiger partial charge in [-0.1, -0.05) is 12.1 Å². The summed E-state index contributed by atoms with van der Waals surface area (Å²) in [6, 6.07) is 7.10. The summed E-state index contributed by atoms with van der Waals surface area (Å²) in [5, 5.41) is 0. The van der Waals surface area contributed by atoms with E-state index in [1.54, 1.807) is 41.8 Å². The summed E-state index contributed by atoms with van der Waals surface area (Å²) >= 11 is 0. The average Bonchev–Trinajstić information content (AvgIpc) is 2.67. The van der Waals surface area contributed by atoms with E-state index in [9.17, 15) is 13.2 Å². The van der Waals surface area contributed by atoms with E-state index in [2.05, 4.69) is 9.97 Å². The van der Waals surface area contributed by atoms with Gasteiger partial charge in [-0.2, -0.15) is 4.31 Å². The molecule has 1 fully saturated rings. The highest BCUT2D eigenvalue weighted by Crippen LogP contribution is 2.21. The molecular weight excluding hydrogens is 364 g/mol. The normalized spacial score (nSPS) is 17.9. The van der Waals surface area contributed by atoms with Gasteiger partial charge in [0.1, 0.15) is 0 Å². The predicted molar refractivity (Wildman–Crippen MR) is 102 cm³/mol. The third-order valence-corrected chi connectivity index (χ3v) is 6.00. The smallest absolute Gasteiger partial charge is 0.227 e. The van der Waals surface area contributed by atoms with E-state index in [1.807, 2.05) is 12.1 Å². The van der Waals surface area contributed by atoms with E-state index in [1.165, 1.54) is 10.6 Å². The third-order valence-electron chi connectivity index (χ3n) is 4.72. The minimum atomic E-state index is -3.41. The first-order valence-corrected chi connectivity index (χ1v) is 10.8. The fraction of sp³-hybridized carbons (Fsp3) is 0.421. The van der Waals surface area contributed by atoms with Crippen LogP contribution in [0.3, 0.4) is 0 Å². The van der Waals surface area contributed by atoms with Crippen LogP contribution < -0.4 is 0 Å². The zero-order valence-corrected chi connectivity index (χ0v) is 16.2. The lowest BCUT2D eigenvalue weighted by Gasteiger charge is -2.38. The largest absolute Gasteiger partial charge is 0.341 e. The number of rotatable bonds is 6. The molecule has 7 nitrogen and oxygen atoms in total. The van der Waals surface area contributed by atoms with Gasteiger partial charge in [0.05, 0.1) is 12.7 Å². The van der Waals surface area contributed by atoms with E-state index >= 15 is 0 Å². The molecule has 0 saturated carbocycles. The van der Waals surface area contributed by atoms with Gasteiger partial charge in [-0.15, -0.1) is 0 Å². The van der Waals surface area contributed by atoms with E-state index in [4.69, 9.17) is 0 Å². The molecule has 1 amide bonds. The molecule has 27 heavy (non-hydrogen) atoms. The monoisotopic (exact) mass is 388 g/mol. The highest BCUT2D eigenvalue weighted by atomic mass is 32.2. The molecule has 3 rings (SSSR count). The molecule has 0 radical (unpaired) electrons. The molecular formula is C19H24N4O3S. The van der Waals surface area contributed by atoms with Crippen molar-refractivity contribution in [2.45, 2.75) is 31.8 Å². The lowest BCUT2D eigenvalue weighted by Crippen LogP contribution is -2.51. The number of nitrogens with zero attached hydrogens (tertiary/aromatic N) is 4. The van der Waals surface area contributed by atoms with Crippen molar-refractivity contribution in [3.05, 3.63) is 60.2 Å². The van der Waals surface area contributed by atoms with Crippen LogP contribution in [0.4, 0.5) is 0 Å². The van der Waals surface area contributed by atoms with Gasteiger partial charge in [0.2, 0.25) is 15.9 Å². The molecule has 8 heteroatoms. The molecule has 1 unspecified atom stereocenters. The standard InChI is InChI=1S/C19H24N4O3S/c1-27(25,26)23(14-17-6-3-9-21-13-17)18-7-4-10-22(15-18)19(24)11-16-5-2-8-20-12-16/h2-3,5-6,8-9,12-13,18H,4,7,10-11,14-15H2,1H3. The Balaban J connectivity index is 1.71. The van der Waals surface area contributed by atoms with Gasteiger partial charge in [-0.05, 0) is 36.1 Å². The fourth-order valence-corrected chi connectivity index (χ4v) is 4.49. The van der Waals surface area contributed by atoms with E-state index < -0.39 is 10.0 Å². The Morgan fingerprint density at radius 1 is 1.19 bits per heavy atom. The lowest BCUT2D eigenvalue weighted by atomic mass is 10.0. The molecule has 1 aliphatic heterocycles. The van der Waals surface area contributed by atoms with Gasteiger partial charge in [-0.3, -0.25) is 14.8 Å². The molecule has 1 aliphatic rings. The quantitative estimate of drug-likeness (QED) is 0.748. The second kappa shape index (κ2) is 8.58. The SMILES string of the molecule is CS(=O)(=O)N(Cc1cccnc1)C1CCCN(C(=O)Cc2cccnc2)C1. The van der Waals surface area contributed by atoms with Gasteiger partial charge in [0.15, 0.2) is 0 Å². The number of piperidine rings is 1. The van der Waals surface area contributed by atoms with Crippen molar-refractivity contribution in [1.29, 1.82) is 0 Å². The van der Waals surface area contributed by atoms with Gasteiger partial charge >= 0.3 is 0 Å². The Bertz CT molecular complexity index is 859. The van der Waals surface area contributed by atoms with Crippen molar-refractivity contribution in [3.8, 4) is 0 Å². The van der Waals surface area contributed by atoms with Gasteiger partial charge in [0.25, 0.3) is 0 Å². The first-order valence-electron chi connectivity index (χ1n) is 8.96. The number of likely N-dealkylation sites (tertiary alicyclic amines) is 1. The van der Waals surface area contributed by atoms with E-state index in [0.29, 0.717) is 13.1 Å². The average molecular weight is 388 g/mol. The van der Waals surface area contributed by atoms with E-state index in [0.717, 1.165) is 24.0 Å². The van der Waals surface area contributed by atoms with Crippen LogP contribution in [0.15, 0.2) is 49.1 Å². The molecule has 0 N–H and O–H groups in total. The maximum atomic E-state index is 12.7. The zero-order chi connectivity index (χ0) is 19.3. The zero-order valence-electron chi connectivity index (χ0n) is 15.4. The Hall–Kier alpha value is -2.32. The van der Waals surface area contributed by atoms with Crippen molar-refractivity contribution in [3.63, 3.8) is 0 Å². The molecule has 0 aliphatic carbocycles. The van der Waals surface area contributed by atoms with Crippen molar-refractivity contribution in [2.24, 2.45) is 0 Å². The van der Waals surface area contributed by atoms with Crippen LogP contribution in [0.5, 0.6) is 0 Å². The van der Waals surface area contributed by atoms with Gasteiger partial charge < -0.3 is 4.90 Å². The van der Waals surface area contributed by atoms with Crippen LogP contribution in [0, 0.1) is 0 Å². The van der Waals surface area contributed by atoms with Crippen molar-refractivity contribution < 1.29 is 13.2 Å². The minimum absolute atomic E-state index is 0.00234. The Kier molecular flexibility index (Phi) is 6.18. The fourth-order valence-electron chi connectivity index (χ4n) is 3.39. The topological polar surface area (TPSA) is 83.5 Å². The van der Waals surface area contributed by atoms with Crippen molar-refractivity contribution >= 4 is 15.9 Å². The van der Waals surface area contributed by atoms with Crippen LogP contribution >= 0.6 is 0 Å². The van der Waals surface area contributed by atoms with Crippen LogP contribution in [-0.4, -0.2) is 58.9 Å². The highest BCUT2D eigenvalue weighted by Gasteiger charge is 2.32. The molecule has 2 aromatic heterocycles. The number of carbonyl (C=O) groups excluding carboxylic acids is 1. The number of hydrogen-bond donors (Lipinski definition) is 0. The van der Waals surface area contributed by atoms with Crippen molar-refractivity contribution in [1.82, 2.24) is 19.2 Å². The summed E-state index contributed by atoms with van der Waals surface area (Å²) in [5.74, 6) is 0.00234. The summed E-state index contributed by atoms with van der Waals surface area (Å²) in [6.07, 6.45) is 9.71. The van der Waals surface area contributed by atoms with Crippen LogP contribution in [0.2, 0.25) is 0 Å². The van der Waals surface area contributed by atoms with Crippen molar-refractivity contribution in [2.75, 3.05) is 19.3 Å². The van der Waals surface area contributed by atoms with Crippen LogP contribution in [-0.2, 0) is 27.8 Å². The molecule has 0 bridgehead atoms. The maximum Gasteiger partial charge on any atom is 0.227 e. The molecule has 0 aromatic carbocycles. The third kappa shape index (κ3) is 5.33. The summed E-state index contributed by atoms with van der Waals surface area (Å²) in [7, 11) is -3.41. The summed E-state index contributed by atoms with van der Waals surface area (Å²) < 4.78 is 26.3. The van der Waals surface area contributed by atoms with Crippen LogP contribution in [0.25, 0.3) is 0 Å². The summed E-state index contributed by atoms with van der Waals surface area (Å²) in [5.41, 5.74) is 1.70.